The smallest absolute Gasteiger partial charge is 0.255 e. The predicted molar refractivity (Wildman–Crippen MR) is 77.8 cm³/mol. The van der Waals surface area contributed by atoms with Gasteiger partial charge in [-0.25, -0.2) is 4.98 Å². The van der Waals surface area contributed by atoms with E-state index < -0.39 is 0 Å². The van der Waals surface area contributed by atoms with E-state index in [1.807, 2.05) is 6.92 Å². The van der Waals surface area contributed by atoms with Crippen LogP contribution < -0.4 is 4.74 Å². The summed E-state index contributed by atoms with van der Waals surface area (Å²) in [4.78, 5) is 17.9. The van der Waals surface area contributed by atoms with Crippen LogP contribution in [0.15, 0.2) is 12.3 Å². The van der Waals surface area contributed by atoms with Gasteiger partial charge in [-0.1, -0.05) is 11.6 Å². The molecule has 21 heavy (non-hydrogen) atoms. The molecule has 0 radical (unpaired) electrons. The standard InChI is InChI=1S/C14H19ClN2O4/c1-2-17(4-5-18)14(19)10-7-12(15)13(16-8-10)21-11-3-6-20-9-11/h7-8,11,18H,2-6,9H2,1H3. The molecular formula is C14H19ClN2O4. The molecule has 1 unspecified atom stereocenters. The molecule has 0 saturated carbocycles. The van der Waals surface area contributed by atoms with Gasteiger partial charge in [0.1, 0.15) is 11.1 Å². The van der Waals surface area contributed by atoms with E-state index in [1.165, 1.54) is 11.1 Å². The molecule has 116 valence electrons. The third kappa shape index (κ3) is 4.06. The quantitative estimate of drug-likeness (QED) is 0.858. The highest BCUT2D eigenvalue weighted by Crippen LogP contribution is 2.25. The van der Waals surface area contributed by atoms with Crippen molar-refractivity contribution in [3.8, 4) is 5.88 Å². The number of aromatic nitrogens is 1. The van der Waals surface area contributed by atoms with E-state index >= 15 is 0 Å². The molecule has 1 aromatic heterocycles. The van der Waals surface area contributed by atoms with Crippen molar-refractivity contribution >= 4 is 17.5 Å². The molecule has 6 nitrogen and oxygen atoms in total. The number of pyridine rings is 1. The minimum atomic E-state index is -0.211. The second kappa shape index (κ2) is 7.59. The zero-order valence-corrected chi connectivity index (χ0v) is 12.7. The first-order valence-corrected chi connectivity index (χ1v) is 7.33. The lowest BCUT2D eigenvalue weighted by Crippen LogP contribution is -2.33. The predicted octanol–water partition coefficient (Wildman–Crippen LogP) is 1.36. The Morgan fingerprint density at radius 3 is 3.05 bits per heavy atom. The third-order valence-corrected chi connectivity index (χ3v) is 3.53. The molecule has 2 rings (SSSR count). The molecule has 1 aliphatic rings. The van der Waals surface area contributed by atoms with Crippen LogP contribution in [0.2, 0.25) is 5.02 Å². The number of hydrogen-bond donors (Lipinski definition) is 1. The van der Waals surface area contributed by atoms with Crippen LogP contribution in [-0.4, -0.2) is 59.9 Å². The number of rotatable bonds is 6. The van der Waals surface area contributed by atoms with Crippen LogP contribution in [0.4, 0.5) is 0 Å². The number of aliphatic hydroxyl groups is 1. The van der Waals surface area contributed by atoms with Crippen molar-refractivity contribution in [3.63, 3.8) is 0 Å². The molecule has 7 heteroatoms. The summed E-state index contributed by atoms with van der Waals surface area (Å²) in [5.74, 6) is 0.102. The monoisotopic (exact) mass is 314 g/mol. The summed E-state index contributed by atoms with van der Waals surface area (Å²) < 4.78 is 10.9. The Balaban J connectivity index is 2.08. The van der Waals surface area contributed by atoms with E-state index in [1.54, 1.807) is 6.07 Å². The molecule has 1 aliphatic heterocycles. The zero-order valence-electron chi connectivity index (χ0n) is 11.9. The molecule has 0 aromatic carbocycles. The van der Waals surface area contributed by atoms with Gasteiger partial charge in [0.2, 0.25) is 5.88 Å². The van der Waals surface area contributed by atoms with Crippen LogP contribution in [0.5, 0.6) is 5.88 Å². The van der Waals surface area contributed by atoms with E-state index in [-0.39, 0.29) is 25.2 Å². The van der Waals surface area contributed by atoms with E-state index in [0.29, 0.717) is 36.2 Å². The number of aliphatic hydroxyl groups excluding tert-OH is 1. The van der Waals surface area contributed by atoms with Crippen LogP contribution in [0.3, 0.4) is 0 Å². The van der Waals surface area contributed by atoms with Gasteiger partial charge in [-0.05, 0) is 13.0 Å². The average Bonchev–Trinajstić information content (AvgIpc) is 2.99. The van der Waals surface area contributed by atoms with Crippen LogP contribution in [-0.2, 0) is 4.74 Å². The summed E-state index contributed by atoms with van der Waals surface area (Å²) in [5, 5.41) is 9.25. The third-order valence-electron chi connectivity index (χ3n) is 3.26. The van der Waals surface area contributed by atoms with Gasteiger partial charge in [-0.15, -0.1) is 0 Å². The van der Waals surface area contributed by atoms with Crippen molar-refractivity contribution in [2.45, 2.75) is 19.4 Å². The highest BCUT2D eigenvalue weighted by molar-refractivity contribution is 6.32. The van der Waals surface area contributed by atoms with Gasteiger partial charge in [0.15, 0.2) is 0 Å². The molecule has 2 heterocycles. The molecule has 0 spiro atoms. The van der Waals surface area contributed by atoms with Crippen LogP contribution >= 0.6 is 11.6 Å². The van der Waals surface area contributed by atoms with E-state index in [2.05, 4.69) is 4.98 Å². The molecule has 0 bridgehead atoms. The molecular weight excluding hydrogens is 296 g/mol. The minimum Gasteiger partial charge on any atom is -0.471 e. The van der Waals surface area contributed by atoms with Gasteiger partial charge in [-0.3, -0.25) is 4.79 Å². The number of likely N-dealkylation sites (N-methyl/N-ethyl adjacent to an activating group) is 1. The number of carbonyl (C=O) groups is 1. The van der Waals surface area contributed by atoms with Gasteiger partial charge in [0.25, 0.3) is 5.91 Å². The Labute approximate surface area is 128 Å². The highest BCUT2D eigenvalue weighted by Gasteiger charge is 2.21. The Bertz CT molecular complexity index is 492. The van der Waals surface area contributed by atoms with Gasteiger partial charge in [0.05, 0.1) is 25.4 Å². The zero-order chi connectivity index (χ0) is 15.2. The van der Waals surface area contributed by atoms with Crippen molar-refractivity contribution in [2.75, 3.05) is 32.9 Å². The number of amides is 1. The largest absolute Gasteiger partial charge is 0.471 e. The number of nitrogens with zero attached hydrogens (tertiary/aromatic N) is 2. The van der Waals surface area contributed by atoms with Crippen LogP contribution in [0.1, 0.15) is 23.7 Å². The fraction of sp³-hybridized carbons (Fsp3) is 0.571. The number of halogens is 1. The van der Waals surface area contributed by atoms with Crippen molar-refractivity contribution in [1.82, 2.24) is 9.88 Å². The van der Waals surface area contributed by atoms with E-state index in [9.17, 15) is 4.79 Å². The SMILES string of the molecule is CCN(CCO)C(=O)c1cnc(OC2CCOC2)c(Cl)c1. The first kappa shape index (κ1) is 16.0. The van der Waals surface area contributed by atoms with Crippen molar-refractivity contribution in [1.29, 1.82) is 0 Å². The van der Waals surface area contributed by atoms with Gasteiger partial charge >= 0.3 is 0 Å². The summed E-state index contributed by atoms with van der Waals surface area (Å²) in [6, 6.07) is 1.54. The summed E-state index contributed by atoms with van der Waals surface area (Å²) in [7, 11) is 0. The van der Waals surface area contributed by atoms with Crippen LogP contribution in [0, 0.1) is 0 Å². The van der Waals surface area contributed by atoms with E-state index in [0.717, 1.165) is 6.42 Å². The maximum absolute atomic E-state index is 12.2. The van der Waals surface area contributed by atoms with Gasteiger partial charge in [-0.2, -0.15) is 0 Å². The van der Waals surface area contributed by atoms with E-state index in [4.69, 9.17) is 26.2 Å². The van der Waals surface area contributed by atoms with Crippen molar-refractivity contribution in [3.05, 3.63) is 22.8 Å². The molecule has 1 aromatic rings. The van der Waals surface area contributed by atoms with Gasteiger partial charge < -0.3 is 19.5 Å². The topological polar surface area (TPSA) is 71.9 Å². The first-order chi connectivity index (χ1) is 10.2. The number of ether oxygens (including phenoxy) is 2. The number of hydrogen-bond acceptors (Lipinski definition) is 5. The molecule has 1 N–H and O–H groups in total. The Morgan fingerprint density at radius 2 is 2.48 bits per heavy atom. The van der Waals surface area contributed by atoms with Gasteiger partial charge in [0, 0.05) is 25.7 Å². The molecule has 1 atom stereocenters. The summed E-state index contributed by atoms with van der Waals surface area (Å²) >= 11 is 6.13. The second-order valence-corrected chi connectivity index (χ2v) is 5.13. The minimum absolute atomic E-state index is 0.0434. The summed E-state index contributed by atoms with van der Waals surface area (Å²) in [6.07, 6.45) is 2.20. The maximum atomic E-state index is 12.2. The molecule has 1 amide bonds. The van der Waals surface area contributed by atoms with Crippen molar-refractivity contribution in [2.24, 2.45) is 0 Å². The first-order valence-electron chi connectivity index (χ1n) is 6.95. The second-order valence-electron chi connectivity index (χ2n) is 4.72. The normalized spacial score (nSPS) is 17.8. The highest BCUT2D eigenvalue weighted by atomic mass is 35.5. The fourth-order valence-electron chi connectivity index (χ4n) is 2.10. The van der Waals surface area contributed by atoms with Crippen LogP contribution in [0.25, 0.3) is 0 Å². The lowest BCUT2D eigenvalue weighted by atomic mass is 10.2. The number of carbonyl (C=O) groups excluding carboxylic acids is 1. The maximum Gasteiger partial charge on any atom is 0.255 e. The Morgan fingerprint density at radius 1 is 1.67 bits per heavy atom. The average molecular weight is 315 g/mol. The Kier molecular flexibility index (Phi) is 5.78. The summed E-state index contributed by atoms with van der Waals surface area (Å²) in [5.41, 5.74) is 0.380. The van der Waals surface area contributed by atoms with Crippen molar-refractivity contribution < 1.29 is 19.4 Å². The lowest BCUT2D eigenvalue weighted by molar-refractivity contribution is 0.0731. The fourth-order valence-corrected chi connectivity index (χ4v) is 2.31. The Hall–Kier alpha value is -1.37. The molecule has 1 fully saturated rings. The molecule has 1 saturated heterocycles. The molecule has 0 aliphatic carbocycles. The summed E-state index contributed by atoms with van der Waals surface area (Å²) in [6.45, 7) is 3.76. The lowest BCUT2D eigenvalue weighted by Gasteiger charge is -2.20.